The van der Waals surface area contributed by atoms with Gasteiger partial charge in [0.2, 0.25) is 0 Å². The third-order valence-corrected chi connectivity index (χ3v) is 5.87. The molecule has 7 heteroatoms. The number of para-hydroxylation sites is 2. The second-order valence-electron chi connectivity index (χ2n) is 7.22. The maximum Gasteiger partial charge on any atom is 0.251 e. The van der Waals surface area contributed by atoms with Crippen LogP contribution in [0, 0.1) is 0 Å². The van der Waals surface area contributed by atoms with E-state index >= 15 is 0 Å². The predicted octanol–water partition coefficient (Wildman–Crippen LogP) is 4.39. The number of amides is 1. The van der Waals surface area contributed by atoms with Gasteiger partial charge in [-0.15, -0.1) is 0 Å². The molecule has 0 radical (unpaired) electrons. The number of imidazole rings is 1. The zero-order valence-electron chi connectivity index (χ0n) is 17.2. The molecule has 1 unspecified atom stereocenters. The molecular weight excluding hydrogens is 396 g/mol. The zero-order chi connectivity index (χ0) is 20.9. The van der Waals surface area contributed by atoms with Gasteiger partial charge >= 0.3 is 0 Å². The highest BCUT2D eigenvalue weighted by Gasteiger charge is 2.19. The molecule has 156 valence electrons. The van der Waals surface area contributed by atoms with Gasteiger partial charge in [-0.2, -0.15) is 11.8 Å². The largest absolute Gasteiger partial charge is 0.383 e. The molecule has 30 heavy (non-hydrogen) atoms. The molecule has 0 aliphatic rings. The number of hydrogen-bond acceptors (Lipinski definition) is 4. The lowest BCUT2D eigenvalue weighted by atomic mass is 10.1. The van der Waals surface area contributed by atoms with Crippen LogP contribution in [0.3, 0.4) is 0 Å². The number of aromatic nitrogens is 3. The van der Waals surface area contributed by atoms with Gasteiger partial charge in [-0.25, -0.2) is 4.98 Å². The van der Waals surface area contributed by atoms with Gasteiger partial charge in [-0.1, -0.05) is 12.1 Å². The van der Waals surface area contributed by atoms with Crippen LogP contribution in [0.5, 0.6) is 0 Å². The van der Waals surface area contributed by atoms with Crippen LogP contribution in [-0.4, -0.2) is 46.2 Å². The lowest BCUT2D eigenvalue weighted by Gasteiger charge is -2.16. The summed E-state index contributed by atoms with van der Waals surface area (Å²) in [6, 6.07) is 15.6. The SMILES string of the molecule is COCCn1ccc2cc(C(=O)NC(CCSC)c3nc4ccccc4[nH]3)ccc21. The van der Waals surface area contributed by atoms with Gasteiger partial charge in [0.25, 0.3) is 5.91 Å². The van der Waals surface area contributed by atoms with Crippen molar-refractivity contribution in [1.29, 1.82) is 0 Å². The molecule has 2 N–H and O–H groups in total. The fourth-order valence-electron chi connectivity index (χ4n) is 3.62. The number of aromatic amines is 1. The first kappa shape index (κ1) is 20.5. The standard InChI is InChI=1S/C23H26N4O2S/c1-29-13-12-27-11-9-16-15-17(7-8-21(16)27)23(28)26-20(10-14-30-2)22-24-18-5-3-4-6-19(18)25-22/h3-9,11,15,20H,10,12-14H2,1-2H3,(H,24,25)(H,26,28). The summed E-state index contributed by atoms with van der Waals surface area (Å²) < 4.78 is 7.31. The lowest BCUT2D eigenvalue weighted by molar-refractivity contribution is 0.0934. The van der Waals surface area contributed by atoms with Crippen LogP contribution >= 0.6 is 11.8 Å². The lowest BCUT2D eigenvalue weighted by Crippen LogP contribution is -2.29. The number of benzene rings is 2. The van der Waals surface area contributed by atoms with Crippen molar-refractivity contribution in [2.24, 2.45) is 0 Å². The van der Waals surface area contributed by atoms with Crippen molar-refractivity contribution < 1.29 is 9.53 Å². The van der Waals surface area contributed by atoms with Crippen LogP contribution < -0.4 is 5.32 Å². The minimum absolute atomic E-state index is 0.0897. The first-order valence-corrected chi connectivity index (χ1v) is 11.4. The van der Waals surface area contributed by atoms with E-state index in [1.54, 1.807) is 18.9 Å². The summed E-state index contributed by atoms with van der Waals surface area (Å²) in [6.45, 7) is 1.44. The van der Waals surface area contributed by atoms with Crippen molar-refractivity contribution in [2.75, 3.05) is 25.7 Å². The zero-order valence-corrected chi connectivity index (χ0v) is 18.0. The molecule has 0 spiro atoms. The topological polar surface area (TPSA) is 71.9 Å². The molecule has 2 aromatic carbocycles. The van der Waals surface area contributed by atoms with Crippen molar-refractivity contribution in [3.63, 3.8) is 0 Å². The van der Waals surface area contributed by atoms with Crippen LogP contribution in [-0.2, 0) is 11.3 Å². The van der Waals surface area contributed by atoms with Crippen molar-refractivity contribution in [1.82, 2.24) is 19.9 Å². The summed E-state index contributed by atoms with van der Waals surface area (Å²) in [5, 5.41) is 4.22. The monoisotopic (exact) mass is 422 g/mol. The van der Waals surface area contributed by atoms with E-state index < -0.39 is 0 Å². The Labute approximate surface area is 180 Å². The number of H-pyrrole nitrogens is 1. The Hall–Kier alpha value is -2.77. The number of carbonyl (C=O) groups excluding carboxylic acids is 1. The summed E-state index contributed by atoms with van der Waals surface area (Å²) in [7, 11) is 1.70. The van der Waals surface area contributed by atoms with Crippen molar-refractivity contribution in [2.45, 2.75) is 19.0 Å². The molecule has 4 rings (SSSR count). The van der Waals surface area contributed by atoms with Gasteiger partial charge in [0.05, 0.1) is 23.7 Å². The maximum atomic E-state index is 13.0. The number of nitrogens with one attached hydrogen (secondary N) is 2. The fraction of sp³-hybridized carbons (Fsp3) is 0.304. The Balaban J connectivity index is 1.55. The fourth-order valence-corrected chi connectivity index (χ4v) is 4.09. The summed E-state index contributed by atoms with van der Waals surface area (Å²) in [6.07, 6.45) is 4.91. The third kappa shape index (κ3) is 4.37. The van der Waals surface area contributed by atoms with Crippen LogP contribution in [0.2, 0.25) is 0 Å². The van der Waals surface area contributed by atoms with E-state index in [2.05, 4.69) is 21.1 Å². The number of carbonyl (C=O) groups is 1. The van der Waals surface area contributed by atoms with Crippen molar-refractivity contribution in [3.05, 3.63) is 66.1 Å². The predicted molar refractivity (Wildman–Crippen MR) is 123 cm³/mol. The minimum Gasteiger partial charge on any atom is -0.383 e. The highest BCUT2D eigenvalue weighted by atomic mass is 32.2. The maximum absolute atomic E-state index is 13.0. The molecule has 2 aromatic heterocycles. The second-order valence-corrected chi connectivity index (χ2v) is 8.21. The molecule has 2 heterocycles. The number of rotatable bonds is 9. The Bertz CT molecular complexity index is 1120. The quantitative estimate of drug-likeness (QED) is 0.420. The first-order chi connectivity index (χ1) is 14.7. The third-order valence-electron chi connectivity index (χ3n) is 5.22. The molecular formula is C23H26N4O2S. The van der Waals surface area contributed by atoms with Crippen molar-refractivity contribution in [3.8, 4) is 0 Å². The van der Waals surface area contributed by atoms with Crippen molar-refractivity contribution >= 4 is 39.6 Å². The Morgan fingerprint density at radius 3 is 2.93 bits per heavy atom. The van der Waals surface area contributed by atoms with E-state index in [1.807, 2.05) is 54.7 Å². The number of fused-ring (bicyclic) bond motifs is 2. The van der Waals surface area contributed by atoms with Crippen LogP contribution in [0.1, 0.15) is 28.6 Å². The van der Waals surface area contributed by atoms with Crippen LogP contribution in [0.4, 0.5) is 0 Å². The summed E-state index contributed by atoms with van der Waals surface area (Å²) >= 11 is 1.76. The molecule has 0 saturated carbocycles. The van der Waals surface area contributed by atoms with Gasteiger partial charge in [-0.05, 0) is 54.8 Å². The van der Waals surface area contributed by atoms with Gasteiger partial charge < -0.3 is 19.6 Å². The molecule has 6 nitrogen and oxygen atoms in total. The highest BCUT2D eigenvalue weighted by molar-refractivity contribution is 7.98. The normalized spacial score (nSPS) is 12.5. The van der Waals surface area contributed by atoms with E-state index in [-0.39, 0.29) is 11.9 Å². The van der Waals surface area contributed by atoms with Gasteiger partial charge in [-0.3, -0.25) is 4.79 Å². The number of thioether (sulfide) groups is 1. The first-order valence-electron chi connectivity index (χ1n) is 10.0. The van der Waals surface area contributed by atoms with Crippen LogP contribution in [0.25, 0.3) is 21.9 Å². The van der Waals surface area contributed by atoms with E-state index in [1.165, 1.54) is 0 Å². The average Bonchev–Trinajstić information content (AvgIpc) is 3.38. The van der Waals surface area contributed by atoms with Crippen LogP contribution in [0.15, 0.2) is 54.7 Å². The van der Waals surface area contributed by atoms with E-state index in [9.17, 15) is 4.79 Å². The molecule has 1 amide bonds. The Morgan fingerprint density at radius 1 is 1.27 bits per heavy atom. The van der Waals surface area contributed by atoms with E-state index in [4.69, 9.17) is 9.72 Å². The molecule has 0 fully saturated rings. The Morgan fingerprint density at radius 2 is 2.13 bits per heavy atom. The molecule has 0 aliphatic carbocycles. The number of hydrogen-bond donors (Lipinski definition) is 2. The van der Waals surface area contributed by atoms with E-state index in [0.29, 0.717) is 12.2 Å². The molecule has 0 aliphatic heterocycles. The highest BCUT2D eigenvalue weighted by Crippen LogP contribution is 2.22. The minimum atomic E-state index is -0.167. The number of ether oxygens (including phenoxy) is 1. The van der Waals surface area contributed by atoms with E-state index in [0.717, 1.165) is 46.5 Å². The molecule has 0 saturated heterocycles. The number of methoxy groups -OCH3 is 1. The smallest absolute Gasteiger partial charge is 0.251 e. The molecule has 4 aromatic rings. The van der Waals surface area contributed by atoms with Gasteiger partial charge in [0, 0.05) is 36.3 Å². The molecule has 1 atom stereocenters. The average molecular weight is 423 g/mol. The summed E-state index contributed by atoms with van der Waals surface area (Å²) in [5.74, 6) is 1.64. The van der Waals surface area contributed by atoms with Gasteiger partial charge in [0.1, 0.15) is 5.82 Å². The number of nitrogens with zero attached hydrogens (tertiary/aromatic N) is 2. The summed E-state index contributed by atoms with van der Waals surface area (Å²) in [5.41, 5.74) is 3.64. The molecule has 0 bridgehead atoms. The summed E-state index contributed by atoms with van der Waals surface area (Å²) in [4.78, 5) is 21.1. The Kier molecular flexibility index (Phi) is 6.40. The second kappa shape index (κ2) is 9.36. The van der Waals surface area contributed by atoms with Gasteiger partial charge in [0.15, 0.2) is 0 Å².